The van der Waals surface area contributed by atoms with E-state index in [1.807, 2.05) is 18.2 Å². The number of ether oxygens (including phenoxy) is 1. The van der Waals surface area contributed by atoms with Crippen molar-refractivity contribution in [3.63, 3.8) is 0 Å². The van der Waals surface area contributed by atoms with Crippen molar-refractivity contribution in [2.45, 2.75) is 32.4 Å². The Morgan fingerprint density at radius 3 is 2.68 bits per heavy atom. The minimum atomic E-state index is 0.00303. The maximum absolute atomic E-state index is 13.6. The van der Waals surface area contributed by atoms with Crippen LogP contribution in [0.1, 0.15) is 18.4 Å². The molecule has 2 aromatic carbocycles. The largest absolute Gasteiger partial charge is 0.383 e. The lowest BCUT2D eigenvalue weighted by Gasteiger charge is -2.33. The van der Waals surface area contributed by atoms with E-state index in [-0.39, 0.29) is 5.56 Å². The summed E-state index contributed by atoms with van der Waals surface area (Å²) < 4.78 is 7.06. The minimum Gasteiger partial charge on any atom is -0.383 e. The van der Waals surface area contributed by atoms with Gasteiger partial charge in [-0.15, -0.1) is 0 Å². The molecule has 0 unspecified atom stereocenters. The third-order valence-electron chi connectivity index (χ3n) is 6.72. The Labute approximate surface area is 183 Å². The van der Waals surface area contributed by atoms with Gasteiger partial charge in [0.1, 0.15) is 5.82 Å². The first-order chi connectivity index (χ1) is 15.1. The average Bonchev–Trinajstić information content (AvgIpc) is 3.12. The maximum atomic E-state index is 13.6. The van der Waals surface area contributed by atoms with Crippen molar-refractivity contribution < 1.29 is 4.74 Å². The van der Waals surface area contributed by atoms with Gasteiger partial charge in [-0.1, -0.05) is 23.8 Å². The number of methoxy groups -OCH3 is 1. The molecule has 3 saturated heterocycles. The lowest BCUT2D eigenvalue weighted by Crippen LogP contribution is -2.38. The second kappa shape index (κ2) is 8.44. The highest BCUT2D eigenvalue weighted by Crippen LogP contribution is 2.29. The minimum absolute atomic E-state index is 0.00303. The van der Waals surface area contributed by atoms with Crippen LogP contribution in [0, 0.1) is 6.92 Å². The normalized spacial score (nSPS) is 20.9. The highest BCUT2D eigenvalue weighted by atomic mass is 16.5. The average molecular weight is 419 g/mol. The van der Waals surface area contributed by atoms with Crippen LogP contribution in [0.15, 0.2) is 47.3 Å². The summed E-state index contributed by atoms with van der Waals surface area (Å²) >= 11 is 0. The molecule has 31 heavy (non-hydrogen) atoms. The van der Waals surface area contributed by atoms with Crippen molar-refractivity contribution >= 4 is 16.6 Å². The highest BCUT2D eigenvalue weighted by molar-refractivity contribution is 5.83. The Morgan fingerprint density at radius 1 is 1.06 bits per heavy atom. The summed E-state index contributed by atoms with van der Waals surface area (Å²) in [6, 6.07) is 14.9. The van der Waals surface area contributed by atoms with E-state index in [2.05, 4.69) is 41.0 Å². The third-order valence-corrected chi connectivity index (χ3v) is 6.72. The molecule has 4 heterocycles. The van der Waals surface area contributed by atoms with Gasteiger partial charge in [0, 0.05) is 50.6 Å². The zero-order chi connectivity index (χ0) is 21.4. The fourth-order valence-electron chi connectivity index (χ4n) is 5.01. The van der Waals surface area contributed by atoms with Crippen molar-refractivity contribution in [3.05, 3.63) is 58.4 Å². The second-order valence-electron chi connectivity index (χ2n) is 8.72. The number of benzene rings is 2. The van der Waals surface area contributed by atoms with Gasteiger partial charge in [-0.25, -0.2) is 4.98 Å². The van der Waals surface area contributed by atoms with Crippen LogP contribution in [0.5, 0.6) is 0 Å². The van der Waals surface area contributed by atoms with Gasteiger partial charge in [0.15, 0.2) is 0 Å². The van der Waals surface area contributed by atoms with E-state index in [4.69, 9.17) is 9.72 Å². The molecule has 6 nitrogen and oxygen atoms in total. The first kappa shape index (κ1) is 20.2. The number of hydrogen-bond acceptors (Lipinski definition) is 5. The number of aromatic nitrogens is 2. The van der Waals surface area contributed by atoms with Crippen molar-refractivity contribution in [2.75, 3.05) is 44.8 Å². The summed E-state index contributed by atoms with van der Waals surface area (Å²) in [6.45, 7) is 7.47. The molecule has 0 amide bonds. The standard InChI is InChI=1S/C25H30N4O2/c1-18-4-3-5-19(16-18)24-26-23-7-6-21(17-22(23)25(30)29(24)14-15-31-2)28-13-12-27-10-8-20(28)9-11-27/h3-7,16-17,20H,8-15H2,1-2H3. The van der Waals surface area contributed by atoms with Crippen LogP contribution in [0.4, 0.5) is 5.69 Å². The second-order valence-corrected chi connectivity index (χ2v) is 8.72. The van der Waals surface area contributed by atoms with Gasteiger partial charge in [0.2, 0.25) is 0 Å². The summed E-state index contributed by atoms with van der Waals surface area (Å²) in [7, 11) is 1.66. The number of hydrogen-bond donors (Lipinski definition) is 0. The molecule has 0 atom stereocenters. The number of fused-ring (bicyclic) bond motifs is 5. The van der Waals surface area contributed by atoms with Crippen LogP contribution >= 0.6 is 0 Å². The lowest BCUT2D eigenvalue weighted by molar-refractivity contribution is 0.186. The fourth-order valence-corrected chi connectivity index (χ4v) is 5.01. The number of aryl methyl sites for hydroxylation is 1. The fraction of sp³-hybridized carbons (Fsp3) is 0.440. The lowest BCUT2D eigenvalue weighted by atomic mass is 10.0. The van der Waals surface area contributed by atoms with Gasteiger partial charge in [-0.3, -0.25) is 9.36 Å². The zero-order valence-corrected chi connectivity index (χ0v) is 18.4. The van der Waals surface area contributed by atoms with Crippen molar-refractivity contribution in [1.29, 1.82) is 0 Å². The van der Waals surface area contributed by atoms with Gasteiger partial charge in [-0.2, -0.15) is 0 Å². The van der Waals surface area contributed by atoms with E-state index in [1.54, 1.807) is 11.7 Å². The topological polar surface area (TPSA) is 50.6 Å². The summed E-state index contributed by atoms with van der Waals surface area (Å²) in [5.74, 6) is 0.701. The summed E-state index contributed by atoms with van der Waals surface area (Å²) in [5, 5.41) is 0.684. The van der Waals surface area contributed by atoms with Gasteiger partial charge >= 0.3 is 0 Å². The molecule has 6 heteroatoms. The van der Waals surface area contributed by atoms with Gasteiger partial charge in [0.05, 0.1) is 24.1 Å². The molecule has 0 N–H and O–H groups in total. The molecule has 0 radical (unpaired) electrons. The van der Waals surface area contributed by atoms with E-state index in [9.17, 15) is 4.79 Å². The zero-order valence-electron chi connectivity index (χ0n) is 18.4. The molecule has 3 aliphatic rings. The Bertz CT molecular complexity index is 1150. The Balaban J connectivity index is 1.62. The summed E-state index contributed by atoms with van der Waals surface area (Å²) in [4.78, 5) is 23.6. The van der Waals surface area contributed by atoms with Gasteiger partial charge < -0.3 is 14.5 Å². The van der Waals surface area contributed by atoms with Gasteiger partial charge in [-0.05, 0) is 44.0 Å². The van der Waals surface area contributed by atoms with Crippen molar-refractivity contribution in [3.8, 4) is 11.4 Å². The Morgan fingerprint density at radius 2 is 1.90 bits per heavy atom. The molecule has 3 aromatic rings. The first-order valence-corrected chi connectivity index (χ1v) is 11.2. The Hall–Kier alpha value is -2.70. The Kier molecular flexibility index (Phi) is 5.50. The number of piperidine rings is 1. The number of anilines is 1. The van der Waals surface area contributed by atoms with Crippen LogP contribution < -0.4 is 10.5 Å². The quantitative estimate of drug-likeness (QED) is 0.636. The molecular formula is C25H30N4O2. The number of rotatable bonds is 5. The molecule has 162 valence electrons. The molecule has 0 aliphatic carbocycles. The molecule has 3 aliphatic heterocycles. The molecular weight excluding hydrogens is 388 g/mol. The molecule has 0 spiro atoms. The highest BCUT2D eigenvalue weighted by Gasteiger charge is 2.29. The number of nitrogens with zero attached hydrogens (tertiary/aromatic N) is 4. The first-order valence-electron chi connectivity index (χ1n) is 11.2. The van der Waals surface area contributed by atoms with Crippen LogP contribution in [0.2, 0.25) is 0 Å². The molecule has 1 aromatic heterocycles. The maximum Gasteiger partial charge on any atom is 0.261 e. The van der Waals surface area contributed by atoms with E-state index >= 15 is 0 Å². The summed E-state index contributed by atoms with van der Waals surface area (Å²) in [6.07, 6.45) is 2.39. The van der Waals surface area contributed by atoms with Crippen LogP contribution in [-0.2, 0) is 11.3 Å². The third kappa shape index (κ3) is 3.86. The van der Waals surface area contributed by atoms with E-state index in [1.165, 1.54) is 25.9 Å². The molecule has 6 rings (SSSR count). The van der Waals surface area contributed by atoms with Crippen LogP contribution in [0.3, 0.4) is 0 Å². The SMILES string of the molecule is COCCn1c(-c2cccc(C)c2)nc2ccc(N3CCN4CCC3CC4)cc2c1=O. The molecule has 2 bridgehead atoms. The monoisotopic (exact) mass is 418 g/mol. The van der Waals surface area contributed by atoms with E-state index in [0.717, 1.165) is 35.4 Å². The van der Waals surface area contributed by atoms with Crippen molar-refractivity contribution in [2.24, 2.45) is 0 Å². The van der Waals surface area contributed by atoms with E-state index < -0.39 is 0 Å². The smallest absolute Gasteiger partial charge is 0.261 e. The van der Waals surface area contributed by atoms with Gasteiger partial charge in [0.25, 0.3) is 5.56 Å². The summed E-state index contributed by atoms with van der Waals surface area (Å²) in [5.41, 5.74) is 4.00. The van der Waals surface area contributed by atoms with Crippen LogP contribution in [0.25, 0.3) is 22.3 Å². The van der Waals surface area contributed by atoms with Crippen molar-refractivity contribution in [1.82, 2.24) is 14.5 Å². The van der Waals surface area contributed by atoms with E-state index in [0.29, 0.717) is 30.4 Å². The molecule has 3 fully saturated rings. The predicted molar refractivity (Wildman–Crippen MR) is 125 cm³/mol. The van der Waals surface area contributed by atoms with Crippen LogP contribution in [-0.4, -0.2) is 60.4 Å². The molecule has 0 saturated carbocycles. The predicted octanol–water partition coefficient (Wildman–Crippen LogP) is 3.30.